The van der Waals surface area contributed by atoms with Crippen LogP contribution in [0.3, 0.4) is 0 Å². The molecule has 0 unspecified atom stereocenters. The molecule has 2 aromatic carbocycles. The number of benzene rings is 2. The number of methoxy groups -OCH3 is 2. The molecule has 6 nitrogen and oxygen atoms in total. The lowest BCUT2D eigenvalue weighted by molar-refractivity contribution is 0.102. The minimum Gasteiger partial charge on any atom is -0.493 e. The molecule has 2 aromatic rings. The van der Waals surface area contributed by atoms with Gasteiger partial charge in [-0.1, -0.05) is 6.92 Å². The van der Waals surface area contributed by atoms with Crippen LogP contribution in [0, 0.1) is 12.8 Å². The molecule has 3 N–H and O–H groups in total. The number of carbonyl (C=O) groups excluding carboxylic acids is 1. The van der Waals surface area contributed by atoms with Crippen molar-refractivity contribution >= 4 is 23.0 Å². The highest BCUT2D eigenvalue weighted by molar-refractivity contribution is 6.06. The van der Waals surface area contributed by atoms with Crippen molar-refractivity contribution in [1.82, 2.24) is 0 Å². The Labute approximate surface area is 166 Å². The number of rotatable bonds is 5. The van der Waals surface area contributed by atoms with E-state index in [1.54, 1.807) is 32.4 Å². The maximum absolute atomic E-state index is 12.8. The average molecular weight is 383 g/mol. The Morgan fingerprint density at radius 3 is 2.61 bits per heavy atom. The van der Waals surface area contributed by atoms with Crippen LogP contribution in [0.15, 0.2) is 30.3 Å². The van der Waals surface area contributed by atoms with Crippen molar-refractivity contribution in [2.24, 2.45) is 5.92 Å². The molecular weight excluding hydrogens is 354 g/mol. The number of ether oxygens (including phenoxy) is 2. The highest BCUT2D eigenvalue weighted by atomic mass is 16.5. The summed E-state index contributed by atoms with van der Waals surface area (Å²) in [6, 6.07) is 8.99. The molecular formula is C22H29N3O3. The second-order valence-corrected chi connectivity index (χ2v) is 7.44. The number of anilines is 3. The maximum atomic E-state index is 12.8. The van der Waals surface area contributed by atoms with Crippen LogP contribution < -0.4 is 25.4 Å². The van der Waals surface area contributed by atoms with E-state index in [-0.39, 0.29) is 5.91 Å². The minimum atomic E-state index is -0.241. The summed E-state index contributed by atoms with van der Waals surface area (Å²) in [6.45, 7) is 6.38. The smallest absolute Gasteiger partial charge is 0.255 e. The minimum absolute atomic E-state index is 0.241. The molecule has 1 saturated heterocycles. The van der Waals surface area contributed by atoms with Gasteiger partial charge in [0.15, 0.2) is 11.5 Å². The molecule has 1 amide bonds. The van der Waals surface area contributed by atoms with E-state index in [9.17, 15) is 4.79 Å². The number of carbonyl (C=O) groups is 1. The zero-order chi connectivity index (χ0) is 20.3. The fourth-order valence-electron chi connectivity index (χ4n) is 3.75. The molecule has 1 fully saturated rings. The summed E-state index contributed by atoms with van der Waals surface area (Å²) >= 11 is 0. The number of nitrogens with two attached hydrogens (primary N) is 1. The van der Waals surface area contributed by atoms with E-state index in [1.165, 1.54) is 12.8 Å². The fourth-order valence-corrected chi connectivity index (χ4v) is 3.75. The Bertz CT molecular complexity index is 866. The van der Waals surface area contributed by atoms with E-state index in [1.807, 2.05) is 12.1 Å². The molecule has 0 spiro atoms. The first-order chi connectivity index (χ1) is 13.4. The molecule has 0 saturated carbocycles. The summed E-state index contributed by atoms with van der Waals surface area (Å²) in [4.78, 5) is 15.2. The molecule has 28 heavy (non-hydrogen) atoms. The van der Waals surface area contributed by atoms with Crippen LogP contribution in [-0.4, -0.2) is 33.2 Å². The lowest BCUT2D eigenvalue weighted by atomic mass is 9.98. The highest BCUT2D eigenvalue weighted by Gasteiger charge is 2.20. The third kappa shape index (κ3) is 4.16. The van der Waals surface area contributed by atoms with Gasteiger partial charge in [-0.15, -0.1) is 0 Å². The number of hydrogen-bond acceptors (Lipinski definition) is 5. The van der Waals surface area contributed by atoms with Crippen LogP contribution in [0.5, 0.6) is 11.5 Å². The third-order valence-corrected chi connectivity index (χ3v) is 5.26. The Morgan fingerprint density at radius 1 is 1.18 bits per heavy atom. The normalized spacial score (nSPS) is 16.6. The van der Waals surface area contributed by atoms with Crippen molar-refractivity contribution < 1.29 is 14.3 Å². The van der Waals surface area contributed by atoms with Crippen LogP contribution in [0.2, 0.25) is 0 Å². The standard InChI is InChI=1S/C22H29N3O3/c1-14-6-5-9-25(13-14)19-12-18(17(23)10-15(19)2)24-22(26)16-7-8-20(27-3)21(11-16)28-4/h7-8,10-12,14H,5-6,9,13,23H2,1-4H3,(H,24,26)/t14-/m0/s1. The summed E-state index contributed by atoms with van der Waals surface area (Å²) in [5.41, 5.74) is 10.1. The molecule has 1 heterocycles. The average Bonchev–Trinajstić information content (AvgIpc) is 2.69. The lowest BCUT2D eigenvalue weighted by Crippen LogP contribution is -2.34. The molecule has 0 aliphatic carbocycles. The molecule has 3 rings (SSSR count). The quantitative estimate of drug-likeness (QED) is 0.761. The van der Waals surface area contributed by atoms with Crippen LogP contribution in [0.1, 0.15) is 35.7 Å². The van der Waals surface area contributed by atoms with Crippen LogP contribution in [-0.2, 0) is 0 Å². The molecule has 0 radical (unpaired) electrons. The van der Waals surface area contributed by atoms with Crippen molar-refractivity contribution in [2.75, 3.05) is 43.3 Å². The number of amides is 1. The summed E-state index contributed by atoms with van der Waals surface area (Å²) < 4.78 is 10.5. The van der Waals surface area contributed by atoms with Gasteiger partial charge in [-0.2, -0.15) is 0 Å². The second kappa shape index (κ2) is 8.42. The van der Waals surface area contributed by atoms with Gasteiger partial charge < -0.3 is 25.4 Å². The first-order valence-electron chi connectivity index (χ1n) is 9.61. The zero-order valence-corrected chi connectivity index (χ0v) is 17.0. The SMILES string of the molecule is COc1ccc(C(=O)Nc2cc(N3CCC[C@H](C)C3)c(C)cc2N)cc1OC. The molecule has 1 atom stereocenters. The number of hydrogen-bond donors (Lipinski definition) is 2. The van der Waals surface area contributed by atoms with E-state index in [0.29, 0.717) is 34.4 Å². The predicted molar refractivity (Wildman–Crippen MR) is 114 cm³/mol. The number of nitrogens with zero attached hydrogens (tertiary/aromatic N) is 1. The van der Waals surface area contributed by atoms with Gasteiger partial charge in [-0.3, -0.25) is 4.79 Å². The van der Waals surface area contributed by atoms with E-state index in [2.05, 4.69) is 24.1 Å². The van der Waals surface area contributed by atoms with Gasteiger partial charge in [0, 0.05) is 24.3 Å². The van der Waals surface area contributed by atoms with Crippen molar-refractivity contribution in [3.63, 3.8) is 0 Å². The van der Waals surface area contributed by atoms with E-state index in [4.69, 9.17) is 15.2 Å². The first-order valence-corrected chi connectivity index (χ1v) is 9.61. The molecule has 1 aliphatic heterocycles. The zero-order valence-electron chi connectivity index (χ0n) is 17.0. The monoisotopic (exact) mass is 383 g/mol. The molecule has 0 bridgehead atoms. The molecule has 0 aromatic heterocycles. The summed E-state index contributed by atoms with van der Waals surface area (Å²) in [5, 5.41) is 2.95. The third-order valence-electron chi connectivity index (χ3n) is 5.26. The Morgan fingerprint density at radius 2 is 1.93 bits per heavy atom. The Hall–Kier alpha value is -2.89. The molecule has 150 valence electrons. The van der Waals surface area contributed by atoms with Crippen LogP contribution >= 0.6 is 0 Å². The molecule has 6 heteroatoms. The van der Waals surface area contributed by atoms with Gasteiger partial charge in [0.1, 0.15) is 0 Å². The fraction of sp³-hybridized carbons (Fsp3) is 0.409. The van der Waals surface area contributed by atoms with Gasteiger partial charge in [0.05, 0.1) is 25.6 Å². The van der Waals surface area contributed by atoms with Gasteiger partial charge in [-0.05, 0) is 61.6 Å². The van der Waals surface area contributed by atoms with Crippen LogP contribution in [0.4, 0.5) is 17.1 Å². The van der Waals surface area contributed by atoms with Crippen molar-refractivity contribution in [3.05, 3.63) is 41.5 Å². The topological polar surface area (TPSA) is 76.8 Å². The number of aryl methyl sites for hydroxylation is 1. The largest absolute Gasteiger partial charge is 0.493 e. The lowest BCUT2D eigenvalue weighted by Gasteiger charge is -2.34. The van der Waals surface area contributed by atoms with E-state index >= 15 is 0 Å². The second-order valence-electron chi connectivity index (χ2n) is 7.44. The van der Waals surface area contributed by atoms with E-state index in [0.717, 1.165) is 24.3 Å². The van der Waals surface area contributed by atoms with Crippen LogP contribution in [0.25, 0.3) is 0 Å². The first kappa shape index (κ1) is 19.9. The summed E-state index contributed by atoms with van der Waals surface area (Å²) in [6.07, 6.45) is 2.44. The van der Waals surface area contributed by atoms with Gasteiger partial charge >= 0.3 is 0 Å². The highest BCUT2D eigenvalue weighted by Crippen LogP contribution is 2.33. The van der Waals surface area contributed by atoms with Gasteiger partial charge in [0.2, 0.25) is 0 Å². The Balaban J connectivity index is 1.85. The van der Waals surface area contributed by atoms with Gasteiger partial charge in [-0.25, -0.2) is 0 Å². The van der Waals surface area contributed by atoms with Crippen molar-refractivity contribution in [3.8, 4) is 11.5 Å². The van der Waals surface area contributed by atoms with Gasteiger partial charge in [0.25, 0.3) is 5.91 Å². The number of nitrogen functional groups attached to an aromatic ring is 1. The Kier molecular flexibility index (Phi) is 5.97. The van der Waals surface area contributed by atoms with E-state index < -0.39 is 0 Å². The number of piperidine rings is 1. The predicted octanol–water partition coefficient (Wildman–Crippen LogP) is 4.08. The molecule has 1 aliphatic rings. The summed E-state index contributed by atoms with van der Waals surface area (Å²) in [7, 11) is 3.11. The number of nitrogens with one attached hydrogen (secondary N) is 1. The maximum Gasteiger partial charge on any atom is 0.255 e. The summed E-state index contributed by atoms with van der Waals surface area (Å²) in [5.74, 6) is 1.51. The van der Waals surface area contributed by atoms with Crippen molar-refractivity contribution in [1.29, 1.82) is 0 Å². The van der Waals surface area contributed by atoms with Crippen molar-refractivity contribution in [2.45, 2.75) is 26.7 Å².